The van der Waals surface area contributed by atoms with Crippen molar-refractivity contribution in [1.29, 1.82) is 0 Å². The predicted molar refractivity (Wildman–Crippen MR) is 142 cm³/mol. The summed E-state index contributed by atoms with van der Waals surface area (Å²) in [6, 6.07) is 17.7. The Kier molecular flexibility index (Phi) is 7.25. The van der Waals surface area contributed by atoms with E-state index in [1.165, 1.54) is 5.56 Å². The lowest BCUT2D eigenvalue weighted by molar-refractivity contribution is 0.208. The molecule has 0 aliphatic carbocycles. The number of nitrogens with one attached hydrogen (secondary N) is 1. The number of urea groups is 1. The van der Waals surface area contributed by atoms with Gasteiger partial charge in [0.05, 0.1) is 10.0 Å². The number of benzene rings is 2. The minimum atomic E-state index is -0.154. The van der Waals surface area contributed by atoms with Gasteiger partial charge in [-0.05, 0) is 48.6 Å². The molecule has 0 saturated carbocycles. The molecule has 1 N–H and O–H groups in total. The summed E-state index contributed by atoms with van der Waals surface area (Å²) < 4.78 is 0. The number of anilines is 3. The van der Waals surface area contributed by atoms with Crippen molar-refractivity contribution in [3.8, 4) is 0 Å². The highest BCUT2D eigenvalue weighted by molar-refractivity contribution is 6.42. The van der Waals surface area contributed by atoms with E-state index in [4.69, 9.17) is 28.2 Å². The van der Waals surface area contributed by atoms with Gasteiger partial charge in [-0.25, -0.2) is 9.78 Å². The number of piperidine rings is 1. The molecule has 2 aliphatic rings. The van der Waals surface area contributed by atoms with Crippen molar-refractivity contribution >= 4 is 46.7 Å². The molecule has 182 valence electrons. The van der Waals surface area contributed by atoms with Crippen molar-refractivity contribution in [2.45, 2.75) is 18.8 Å². The van der Waals surface area contributed by atoms with E-state index in [1.807, 2.05) is 12.3 Å². The Bertz CT molecular complexity index is 1160. The zero-order valence-electron chi connectivity index (χ0n) is 19.4. The van der Waals surface area contributed by atoms with E-state index >= 15 is 0 Å². The molecule has 3 heterocycles. The highest BCUT2D eigenvalue weighted by atomic mass is 35.5. The highest BCUT2D eigenvalue weighted by Crippen LogP contribution is 2.30. The number of hydrogen-bond donors (Lipinski definition) is 1. The molecule has 0 atom stereocenters. The molecule has 5 rings (SSSR count). The first-order valence-electron chi connectivity index (χ1n) is 12.0. The number of carbonyl (C=O) groups is 1. The summed E-state index contributed by atoms with van der Waals surface area (Å²) in [7, 11) is 0. The van der Waals surface area contributed by atoms with Crippen LogP contribution in [0.4, 0.5) is 22.2 Å². The van der Waals surface area contributed by atoms with Gasteiger partial charge in [0.15, 0.2) is 0 Å². The van der Waals surface area contributed by atoms with Gasteiger partial charge in [-0.2, -0.15) is 4.98 Å². The van der Waals surface area contributed by atoms with Crippen molar-refractivity contribution in [2.24, 2.45) is 0 Å². The molecule has 3 aromatic rings. The molecule has 0 unspecified atom stereocenters. The highest BCUT2D eigenvalue weighted by Gasteiger charge is 2.25. The van der Waals surface area contributed by atoms with Crippen molar-refractivity contribution in [2.75, 3.05) is 54.4 Å². The Morgan fingerprint density at radius 3 is 2.31 bits per heavy atom. The molecule has 2 fully saturated rings. The lowest BCUT2D eigenvalue weighted by Crippen LogP contribution is -2.50. The van der Waals surface area contributed by atoms with E-state index in [0.29, 0.717) is 47.8 Å². The average molecular weight is 511 g/mol. The third-order valence-electron chi connectivity index (χ3n) is 6.74. The molecule has 0 bridgehead atoms. The molecule has 0 radical (unpaired) electrons. The molecule has 7 nitrogen and oxygen atoms in total. The summed E-state index contributed by atoms with van der Waals surface area (Å²) >= 11 is 12.0. The molecule has 9 heteroatoms. The van der Waals surface area contributed by atoms with Crippen LogP contribution in [0.1, 0.15) is 24.3 Å². The summed E-state index contributed by atoms with van der Waals surface area (Å²) in [6.45, 7) is 4.49. The van der Waals surface area contributed by atoms with Gasteiger partial charge in [0.25, 0.3) is 0 Å². The van der Waals surface area contributed by atoms with Gasteiger partial charge < -0.3 is 20.0 Å². The maximum absolute atomic E-state index is 12.7. The van der Waals surface area contributed by atoms with Crippen LogP contribution in [0, 0.1) is 0 Å². The first kappa shape index (κ1) is 23.7. The minimum Gasteiger partial charge on any atom is -0.356 e. The van der Waals surface area contributed by atoms with Crippen LogP contribution in [0.3, 0.4) is 0 Å². The van der Waals surface area contributed by atoms with E-state index < -0.39 is 0 Å². The molecule has 2 saturated heterocycles. The topological polar surface area (TPSA) is 64.6 Å². The van der Waals surface area contributed by atoms with Gasteiger partial charge >= 0.3 is 6.03 Å². The fraction of sp³-hybridized carbons (Fsp3) is 0.346. The molecular formula is C26H28Cl2N6O. The summed E-state index contributed by atoms with van der Waals surface area (Å²) in [5.41, 5.74) is 2.05. The Balaban J connectivity index is 1.15. The Morgan fingerprint density at radius 2 is 1.60 bits per heavy atom. The molecule has 1 aromatic heterocycles. The van der Waals surface area contributed by atoms with Crippen molar-refractivity contribution in [3.63, 3.8) is 0 Å². The second-order valence-electron chi connectivity index (χ2n) is 8.92. The SMILES string of the molecule is O=C(Nc1ccc(Cl)c(Cl)c1)N1CCN(c2nccc(N3CCC(c4ccccc4)CC3)n2)CC1. The van der Waals surface area contributed by atoms with Crippen LogP contribution in [-0.2, 0) is 0 Å². The summed E-state index contributed by atoms with van der Waals surface area (Å²) in [5, 5.41) is 3.76. The molecule has 2 amide bonds. The van der Waals surface area contributed by atoms with Gasteiger partial charge in [0.1, 0.15) is 5.82 Å². The van der Waals surface area contributed by atoms with Crippen LogP contribution in [0.25, 0.3) is 0 Å². The first-order valence-corrected chi connectivity index (χ1v) is 12.7. The number of aromatic nitrogens is 2. The molecule has 35 heavy (non-hydrogen) atoms. The Labute approximate surface area is 215 Å². The van der Waals surface area contributed by atoms with E-state index in [-0.39, 0.29) is 6.03 Å². The zero-order chi connectivity index (χ0) is 24.2. The normalized spacial score (nSPS) is 16.9. The van der Waals surface area contributed by atoms with E-state index in [9.17, 15) is 4.79 Å². The summed E-state index contributed by atoms with van der Waals surface area (Å²) in [5.74, 6) is 2.30. The number of rotatable bonds is 4. The van der Waals surface area contributed by atoms with Crippen LogP contribution >= 0.6 is 23.2 Å². The van der Waals surface area contributed by atoms with Crippen LogP contribution in [0.2, 0.25) is 10.0 Å². The second-order valence-corrected chi connectivity index (χ2v) is 9.73. The number of carbonyl (C=O) groups excluding carboxylic acids is 1. The lowest BCUT2D eigenvalue weighted by atomic mass is 9.89. The summed E-state index contributed by atoms with van der Waals surface area (Å²) in [4.78, 5) is 28.3. The quantitative estimate of drug-likeness (QED) is 0.500. The van der Waals surface area contributed by atoms with E-state index in [2.05, 4.69) is 50.4 Å². The fourth-order valence-corrected chi connectivity index (χ4v) is 5.02. The third-order valence-corrected chi connectivity index (χ3v) is 7.48. The van der Waals surface area contributed by atoms with Gasteiger partial charge in [0, 0.05) is 51.2 Å². The minimum absolute atomic E-state index is 0.154. The Morgan fingerprint density at radius 1 is 0.857 bits per heavy atom. The third kappa shape index (κ3) is 5.63. The maximum Gasteiger partial charge on any atom is 0.321 e. The largest absolute Gasteiger partial charge is 0.356 e. The number of hydrogen-bond acceptors (Lipinski definition) is 5. The van der Waals surface area contributed by atoms with Gasteiger partial charge in [-0.15, -0.1) is 0 Å². The van der Waals surface area contributed by atoms with Crippen molar-refractivity contribution in [3.05, 3.63) is 76.4 Å². The molecule has 2 aromatic carbocycles. The fourth-order valence-electron chi connectivity index (χ4n) is 4.72. The van der Waals surface area contributed by atoms with Gasteiger partial charge in [0.2, 0.25) is 5.95 Å². The second kappa shape index (κ2) is 10.7. The van der Waals surface area contributed by atoms with E-state index in [1.54, 1.807) is 23.1 Å². The van der Waals surface area contributed by atoms with Crippen LogP contribution in [-0.4, -0.2) is 60.2 Å². The zero-order valence-corrected chi connectivity index (χ0v) is 20.9. The smallest absolute Gasteiger partial charge is 0.321 e. The standard InChI is InChI=1S/C26H28Cl2N6O/c27-22-7-6-21(18-23(22)28)30-26(35)34-16-14-33(15-17-34)25-29-11-8-24(31-25)32-12-9-20(10-13-32)19-4-2-1-3-5-19/h1-8,11,18,20H,9-10,12-17H2,(H,30,35). The molecule has 0 spiro atoms. The van der Waals surface area contributed by atoms with Gasteiger partial charge in [-0.3, -0.25) is 0 Å². The Hall–Kier alpha value is -3.03. The van der Waals surface area contributed by atoms with Crippen LogP contribution in [0.5, 0.6) is 0 Å². The van der Waals surface area contributed by atoms with Crippen molar-refractivity contribution in [1.82, 2.24) is 14.9 Å². The van der Waals surface area contributed by atoms with Crippen molar-refractivity contribution < 1.29 is 4.79 Å². The number of piperazine rings is 1. The lowest BCUT2D eigenvalue weighted by Gasteiger charge is -2.36. The van der Waals surface area contributed by atoms with E-state index in [0.717, 1.165) is 37.7 Å². The number of amides is 2. The molecular weight excluding hydrogens is 483 g/mol. The molecule has 2 aliphatic heterocycles. The van der Waals surface area contributed by atoms with Crippen LogP contribution < -0.4 is 15.1 Å². The monoisotopic (exact) mass is 510 g/mol. The number of halogens is 2. The number of nitrogens with zero attached hydrogens (tertiary/aromatic N) is 5. The average Bonchev–Trinajstić information content (AvgIpc) is 2.91. The summed E-state index contributed by atoms with van der Waals surface area (Å²) in [6.07, 6.45) is 4.08. The first-order chi connectivity index (χ1) is 17.1. The van der Waals surface area contributed by atoms with Crippen LogP contribution in [0.15, 0.2) is 60.8 Å². The van der Waals surface area contributed by atoms with Gasteiger partial charge in [-0.1, -0.05) is 53.5 Å². The maximum atomic E-state index is 12.7. The predicted octanol–water partition coefficient (Wildman–Crippen LogP) is 5.52.